The number of aromatic amines is 1. The Kier molecular flexibility index (Phi) is 8.13. The molecule has 2 aromatic carbocycles. The summed E-state index contributed by atoms with van der Waals surface area (Å²) in [5, 5.41) is 8.91. The van der Waals surface area contributed by atoms with Gasteiger partial charge in [-0.1, -0.05) is 12.6 Å². The number of rotatable bonds is 9. The standard InChI is InChI=1S/C39H45F3N8O2/c1-3-31(51)50-21-38(22-50)10-14-48(15-11-38)36-28-16-27(26-7-8-26)33(32-24(2)6-9-30-29(32)17-43-46-30)35(52-23-39(40,41)42)34(28)44-37(45-36)49-19-25(20-49)18-47-12-4-5-13-47/h3,6,9,16-17,25-26H,1,4-5,7-8,10-15,18-23H2,2H3,(H,43,46). The topological polar surface area (TPSA) is 93.7 Å². The van der Waals surface area contributed by atoms with Crippen LogP contribution in [0.3, 0.4) is 0 Å². The van der Waals surface area contributed by atoms with E-state index < -0.39 is 12.8 Å². The fraction of sp³-hybridized carbons (Fsp3) is 0.538. The van der Waals surface area contributed by atoms with E-state index in [4.69, 9.17) is 14.7 Å². The van der Waals surface area contributed by atoms with Crippen LogP contribution in [-0.4, -0.2) is 108 Å². The Morgan fingerprint density at radius 1 is 1.04 bits per heavy atom. The Bertz CT molecular complexity index is 2030. The fourth-order valence-corrected chi connectivity index (χ4v) is 9.08. The molecule has 0 bridgehead atoms. The van der Waals surface area contributed by atoms with Gasteiger partial charge in [0, 0.05) is 73.5 Å². The number of fused-ring (bicyclic) bond motifs is 2. The highest BCUT2D eigenvalue weighted by atomic mass is 19.4. The van der Waals surface area contributed by atoms with Crippen LogP contribution in [0.4, 0.5) is 24.9 Å². The van der Waals surface area contributed by atoms with Crippen LogP contribution in [0, 0.1) is 18.3 Å². The number of alkyl halides is 3. The van der Waals surface area contributed by atoms with Crippen molar-refractivity contribution in [3.63, 3.8) is 0 Å². The van der Waals surface area contributed by atoms with Gasteiger partial charge in [-0.05, 0) is 99.4 Å². The van der Waals surface area contributed by atoms with Crippen molar-refractivity contribution < 1.29 is 22.7 Å². The Labute approximate surface area is 301 Å². The van der Waals surface area contributed by atoms with Gasteiger partial charge in [0.25, 0.3) is 0 Å². The lowest BCUT2D eigenvalue weighted by Crippen LogP contribution is -2.61. The minimum absolute atomic E-state index is 0.0341. The van der Waals surface area contributed by atoms with Crippen molar-refractivity contribution in [2.75, 3.05) is 75.3 Å². The Hall–Kier alpha value is -4.39. The molecule has 0 atom stereocenters. The fourth-order valence-electron chi connectivity index (χ4n) is 9.08. The summed E-state index contributed by atoms with van der Waals surface area (Å²) < 4.78 is 48.2. The second-order valence-corrected chi connectivity index (χ2v) is 15.8. The highest BCUT2D eigenvalue weighted by Gasteiger charge is 2.47. The number of aromatic nitrogens is 4. The van der Waals surface area contributed by atoms with Crippen LogP contribution in [0.2, 0.25) is 0 Å². The predicted molar refractivity (Wildman–Crippen MR) is 195 cm³/mol. The molecule has 10 nitrogen and oxygen atoms in total. The van der Waals surface area contributed by atoms with Gasteiger partial charge in [-0.3, -0.25) is 9.89 Å². The molecule has 1 spiro atoms. The van der Waals surface area contributed by atoms with Crippen LogP contribution in [0.5, 0.6) is 5.75 Å². The Morgan fingerprint density at radius 2 is 1.79 bits per heavy atom. The number of nitrogens with one attached hydrogen (secondary N) is 1. The van der Waals surface area contributed by atoms with Crippen LogP contribution < -0.4 is 14.5 Å². The molecule has 1 N–H and O–H groups in total. The summed E-state index contributed by atoms with van der Waals surface area (Å²) in [5.41, 5.74) is 4.69. The summed E-state index contributed by atoms with van der Waals surface area (Å²) in [5.74, 6) is 2.10. The summed E-state index contributed by atoms with van der Waals surface area (Å²) in [4.78, 5) is 31.4. The van der Waals surface area contributed by atoms with E-state index in [1.807, 2.05) is 24.0 Å². The van der Waals surface area contributed by atoms with Gasteiger partial charge in [0.15, 0.2) is 12.4 Å². The van der Waals surface area contributed by atoms with Crippen molar-refractivity contribution >= 4 is 39.5 Å². The van der Waals surface area contributed by atoms with Crippen molar-refractivity contribution in [2.45, 2.75) is 57.5 Å². The summed E-state index contributed by atoms with van der Waals surface area (Å²) in [6.07, 6.45) is 4.74. The van der Waals surface area contributed by atoms with Crippen molar-refractivity contribution in [1.82, 2.24) is 30.0 Å². The number of carbonyl (C=O) groups excluding carboxylic acids is 1. The number of nitrogens with zero attached hydrogens (tertiary/aromatic N) is 7. The molecule has 274 valence electrons. The van der Waals surface area contributed by atoms with Gasteiger partial charge in [0.05, 0.1) is 11.7 Å². The number of hydrogen-bond acceptors (Lipinski definition) is 8. The molecule has 9 rings (SSSR count). The van der Waals surface area contributed by atoms with Gasteiger partial charge < -0.3 is 24.3 Å². The molecule has 5 fully saturated rings. The maximum atomic E-state index is 14.1. The molecule has 1 aliphatic carbocycles. The second-order valence-electron chi connectivity index (χ2n) is 15.8. The van der Waals surface area contributed by atoms with Gasteiger partial charge in [0.1, 0.15) is 11.3 Å². The molecule has 4 aromatic rings. The average Bonchev–Trinajstić information content (AvgIpc) is 3.59. The zero-order chi connectivity index (χ0) is 35.8. The van der Waals surface area contributed by atoms with Crippen LogP contribution in [0.15, 0.2) is 37.1 Å². The first kappa shape index (κ1) is 33.4. The number of benzene rings is 2. The third kappa shape index (κ3) is 6.04. The van der Waals surface area contributed by atoms with Crippen LogP contribution in [0.25, 0.3) is 32.9 Å². The Morgan fingerprint density at radius 3 is 2.48 bits per heavy atom. The molecule has 52 heavy (non-hydrogen) atoms. The minimum atomic E-state index is -4.54. The van der Waals surface area contributed by atoms with E-state index in [9.17, 15) is 18.0 Å². The number of aryl methyl sites for hydroxylation is 1. The van der Waals surface area contributed by atoms with Crippen LogP contribution >= 0.6 is 0 Å². The third-order valence-electron chi connectivity index (χ3n) is 12.0. The number of piperidine rings is 1. The second kappa shape index (κ2) is 12.6. The molecule has 4 aliphatic heterocycles. The maximum absolute atomic E-state index is 14.1. The van der Waals surface area contributed by atoms with Gasteiger partial charge in [-0.15, -0.1) is 0 Å². The van der Waals surface area contributed by atoms with Crippen LogP contribution in [-0.2, 0) is 4.79 Å². The highest BCUT2D eigenvalue weighted by Crippen LogP contribution is 2.53. The van der Waals surface area contributed by atoms with E-state index in [0.29, 0.717) is 22.9 Å². The van der Waals surface area contributed by atoms with Crippen molar-refractivity contribution in [2.24, 2.45) is 11.3 Å². The molecule has 1 amide bonds. The largest absolute Gasteiger partial charge is 0.481 e. The predicted octanol–water partition coefficient (Wildman–Crippen LogP) is 6.45. The number of halogens is 3. The van der Waals surface area contributed by atoms with E-state index in [-0.39, 0.29) is 23.0 Å². The number of hydrogen-bond donors (Lipinski definition) is 1. The number of ether oxygens (including phenoxy) is 1. The summed E-state index contributed by atoms with van der Waals surface area (Å²) in [6, 6.07) is 6.08. The molecule has 6 heterocycles. The molecule has 4 saturated heterocycles. The average molecular weight is 715 g/mol. The lowest BCUT2D eigenvalue weighted by Gasteiger charge is -2.54. The van der Waals surface area contributed by atoms with Crippen molar-refractivity contribution in [1.29, 1.82) is 0 Å². The first-order chi connectivity index (χ1) is 25.1. The molecular formula is C39H45F3N8O2. The first-order valence-electron chi connectivity index (χ1n) is 18.7. The first-order valence-corrected chi connectivity index (χ1v) is 18.7. The third-order valence-corrected chi connectivity index (χ3v) is 12.0. The number of H-pyrrole nitrogens is 1. The number of carbonyl (C=O) groups is 1. The monoisotopic (exact) mass is 714 g/mol. The lowest BCUT2D eigenvalue weighted by molar-refractivity contribution is -0.153. The molecule has 0 radical (unpaired) electrons. The number of amides is 1. The van der Waals surface area contributed by atoms with Gasteiger partial charge >= 0.3 is 6.18 Å². The van der Waals surface area contributed by atoms with Crippen molar-refractivity contribution in [3.05, 3.63) is 48.2 Å². The minimum Gasteiger partial charge on any atom is -0.481 e. The highest BCUT2D eigenvalue weighted by molar-refractivity contribution is 6.06. The van der Waals surface area contributed by atoms with Crippen molar-refractivity contribution in [3.8, 4) is 16.9 Å². The van der Waals surface area contributed by atoms with E-state index in [2.05, 4.69) is 37.5 Å². The number of anilines is 2. The molecule has 13 heteroatoms. The number of likely N-dealkylation sites (tertiary alicyclic amines) is 2. The summed E-state index contributed by atoms with van der Waals surface area (Å²) >= 11 is 0. The SMILES string of the molecule is C=CC(=O)N1CC2(CCN(c3nc(N4CC(CN5CCCC5)C4)nc4c(OCC(F)(F)F)c(-c5c(C)ccc6[nH]ncc56)c(C5CC5)cc34)CC2)C1. The molecule has 2 aromatic heterocycles. The van der Waals surface area contributed by atoms with E-state index in [1.165, 1.54) is 18.9 Å². The smallest absolute Gasteiger partial charge is 0.422 e. The van der Waals surface area contributed by atoms with Gasteiger partial charge in [-0.25, -0.2) is 4.98 Å². The molecule has 5 aliphatic rings. The van der Waals surface area contributed by atoms with Gasteiger partial charge in [0.2, 0.25) is 11.9 Å². The zero-order valence-corrected chi connectivity index (χ0v) is 29.6. The summed E-state index contributed by atoms with van der Waals surface area (Å²) in [7, 11) is 0. The zero-order valence-electron chi connectivity index (χ0n) is 29.6. The normalized spacial score (nSPS) is 20.9. The lowest BCUT2D eigenvalue weighted by atomic mass is 9.72. The quantitative estimate of drug-likeness (QED) is 0.198. The maximum Gasteiger partial charge on any atom is 0.422 e. The van der Waals surface area contributed by atoms with Gasteiger partial charge in [-0.2, -0.15) is 23.3 Å². The summed E-state index contributed by atoms with van der Waals surface area (Å²) in [6.45, 7) is 12.0. The van der Waals surface area contributed by atoms with E-state index in [1.54, 1.807) is 6.20 Å². The molecule has 0 unspecified atom stereocenters. The van der Waals surface area contributed by atoms with E-state index >= 15 is 0 Å². The van der Waals surface area contributed by atoms with Crippen LogP contribution in [0.1, 0.15) is 55.6 Å². The van der Waals surface area contributed by atoms with E-state index in [0.717, 1.165) is 123 Å². The Balaban J connectivity index is 1.17. The molecular weight excluding hydrogens is 669 g/mol. The molecule has 1 saturated carbocycles.